The molecule has 124 valence electrons. The van der Waals surface area contributed by atoms with Gasteiger partial charge in [-0.15, -0.1) is 0 Å². The van der Waals surface area contributed by atoms with Gasteiger partial charge in [-0.2, -0.15) is 0 Å². The molecular formula is C10H13N7O4S2. The average molecular weight is 359 g/mol. The van der Waals surface area contributed by atoms with E-state index in [1.54, 1.807) is 0 Å². The molecule has 11 nitrogen and oxygen atoms in total. The van der Waals surface area contributed by atoms with Gasteiger partial charge in [-0.25, -0.2) is 16.8 Å². The molecule has 0 fully saturated rings. The van der Waals surface area contributed by atoms with Crippen molar-refractivity contribution >= 4 is 25.7 Å². The van der Waals surface area contributed by atoms with Gasteiger partial charge in [-0.3, -0.25) is 0 Å². The Hall–Kier alpha value is -2.46. The molecule has 0 aliphatic carbocycles. The molecule has 0 saturated heterocycles. The lowest BCUT2D eigenvalue weighted by Gasteiger charge is -2.11. The number of azide groups is 2. The summed E-state index contributed by atoms with van der Waals surface area (Å²) in [6.07, 6.45) is 1.61. The fourth-order valence-electron chi connectivity index (χ4n) is 1.61. The predicted molar refractivity (Wildman–Crippen MR) is 82.5 cm³/mol. The monoisotopic (exact) mass is 359 g/mol. The highest BCUT2D eigenvalue weighted by molar-refractivity contribution is 7.91. The van der Waals surface area contributed by atoms with E-state index in [0.29, 0.717) is 6.54 Å². The van der Waals surface area contributed by atoms with E-state index < -0.39 is 29.8 Å². The van der Waals surface area contributed by atoms with Gasteiger partial charge in [0.15, 0.2) is 0 Å². The zero-order chi connectivity index (χ0) is 17.5. The lowest BCUT2D eigenvalue weighted by molar-refractivity contribution is 0.595. The van der Waals surface area contributed by atoms with Gasteiger partial charge in [0.1, 0.15) is 0 Å². The standard InChI is InChI=1S/C10H13N7O4S2/c1-2-3-6-13-9-5-4-8(22(18,19)16-14-11)7-10(9)23(20,21)17-15-12/h4-5,7,13H,2-3,6H2,1H3. The SMILES string of the molecule is CCCCNc1ccc(S(=O)(=O)N=[N+]=[N-])cc1S(=O)(=O)N=[N+]=[N-]. The third-order valence-electron chi connectivity index (χ3n) is 2.66. The van der Waals surface area contributed by atoms with Crippen molar-refractivity contribution in [1.82, 2.24) is 0 Å². The smallest absolute Gasteiger partial charge is 0.266 e. The zero-order valence-corrected chi connectivity index (χ0v) is 13.6. The Labute approximate surface area is 132 Å². The molecule has 0 saturated carbocycles. The minimum atomic E-state index is -4.43. The number of nitrogens with zero attached hydrogens (tertiary/aromatic N) is 6. The Balaban J connectivity index is 3.51. The van der Waals surface area contributed by atoms with Crippen molar-refractivity contribution in [1.29, 1.82) is 0 Å². The van der Waals surface area contributed by atoms with Crippen LogP contribution in [0.4, 0.5) is 5.69 Å². The van der Waals surface area contributed by atoms with E-state index in [4.69, 9.17) is 11.1 Å². The molecule has 1 rings (SSSR count). The molecule has 0 aromatic heterocycles. The number of unbranched alkanes of at least 4 members (excludes halogenated alkanes) is 1. The molecule has 0 spiro atoms. The fourth-order valence-corrected chi connectivity index (χ4v) is 3.26. The van der Waals surface area contributed by atoms with Crippen LogP contribution < -0.4 is 5.32 Å². The Bertz CT molecular complexity index is 882. The summed E-state index contributed by atoms with van der Waals surface area (Å²) in [6.45, 7) is 2.38. The maximum Gasteiger partial charge on any atom is 0.266 e. The van der Waals surface area contributed by atoms with Gasteiger partial charge < -0.3 is 5.32 Å². The quantitative estimate of drug-likeness (QED) is 0.324. The highest BCUT2D eigenvalue weighted by Gasteiger charge is 2.22. The highest BCUT2D eigenvalue weighted by Crippen LogP contribution is 2.27. The van der Waals surface area contributed by atoms with Crippen molar-refractivity contribution in [2.45, 2.75) is 29.6 Å². The van der Waals surface area contributed by atoms with Gasteiger partial charge in [0.05, 0.1) is 15.5 Å². The second-order valence-electron chi connectivity index (χ2n) is 4.23. The number of hydrogen-bond donors (Lipinski definition) is 1. The van der Waals surface area contributed by atoms with Crippen LogP contribution in [0.5, 0.6) is 0 Å². The number of sulfonamides is 2. The molecule has 0 atom stereocenters. The Morgan fingerprint density at radius 3 is 2.26 bits per heavy atom. The lowest BCUT2D eigenvalue weighted by atomic mass is 10.3. The second-order valence-corrected chi connectivity index (χ2v) is 7.37. The molecule has 13 heteroatoms. The zero-order valence-electron chi connectivity index (χ0n) is 12.0. The van der Waals surface area contributed by atoms with Crippen LogP contribution in [0.25, 0.3) is 20.9 Å². The fraction of sp³-hybridized carbons (Fsp3) is 0.400. The maximum absolute atomic E-state index is 12.0. The Morgan fingerprint density at radius 1 is 1.09 bits per heavy atom. The molecular weight excluding hydrogens is 346 g/mol. The van der Waals surface area contributed by atoms with Crippen molar-refractivity contribution in [2.75, 3.05) is 11.9 Å². The van der Waals surface area contributed by atoms with Gasteiger partial charge >= 0.3 is 0 Å². The van der Waals surface area contributed by atoms with Crippen molar-refractivity contribution in [2.24, 2.45) is 9.04 Å². The number of hydrogen-bond acceptors (Lipinski definition) is 5. The van der Waals surface area contributed by atoms with Gasteiger partial charge in [-0.1, -0.05) is 13.3 Å². The summed E-state index contributed by atoms with van der Waals surface area (Å²) in [5, 5.41) is 2.83. The molecule has 0 unspecified atom stereocenters. The van der Waals surface area contributed by atoms with Crippen LogP contribution in [0, 0.1) is 0 Å². The largest absolute Gasteiger partial charge is 0.384 e. The number of rotatable bonds is 8. The lowest BCUT2D eigenvalue weighted by Crippen LogP contribution is -2.08. The molecule has 0 radical (unpaired) electrons. The Kier molecular flexibility index (Phi) is 6.22. The van der Waals surface area contributed by atoms with Crippen molar-refractivity contribution in [3.05, 3.63) is 39.1 Å². The summed E-state index contributed by atoms with van der Waals surface area (Å²) >= 11 is 0. The molecule has 1 aromatic rings. The molecule has 0 aliphatic heterocycles. The highest BCUT2D eigenvalue weighted by atomic mass is 32.2. The minimum Gasteiger partial charge on any atom is -0.384 e. The van der Waals surface area contributed by atoms with Gasteiger partial charge in [0.25, 0.3) is 20.0 Å². The molecule has 1 aromatic carbocycles. The van der Waals surface area contributed by atoms with Gasteiger partial charge in [0.2, 0.25) is 0 Å². The van der Waals surface area contributed by atoms with Gasteiger partial charge in [-0.05, 0) is 35.7 Å². The molecule has 0 aliphatic rings. The van der Waals surface area contributed by atoms with E-state index in [-0.39, 0.29) is 5.69 Å². The number of benzene rings is 1. The minimum absolute atomic E-state index is 0.0886. The van der Waals surface area contributed by atoms with Crippen molar-refractivity contribution < 1.29 is 16.8 Å². The average Bonchev–Trinajstić information content (AvgIpc) is 2.47. The summed E-state index contributed by atoms with van der Waals surface area (Å²) in [4.78, 5) is 3.37. The van der Waals surface area contributed by atoms with E-state index in [0.717, 1.165) is 25.0 Å². The van der Waals surface area contributed by atoms with Gasteiger partial charge in [0, 0.05) is 25.4 Å². The van der Waals surface area contributed by atoms with E-state index in [1.807, 2.05) is 6.92 Å². The van der Waals surface area contributed by atoms with Crippen LogP contribution in [0.2, 0.25) is 0 Å². The number of nitrogens with one attached hydrogen (secondary N) is 1. The first-order valence-corrected chi connectivity index (χ1v) is 9.17. The van der Waals surface area contributed by atoms with Crippen molar-refractivity contribution in [3.63, 3.8) is 0 Å². The first-order valence-electron chi connectivity index (χ1n) is 6.29. The molecule has 0 heterocycles. The van der Waals surface area contributed by atoms with Crippen molar-refractivity contribution in [3.8, 4) is 0 Å². The van der Waals surface area contributed by atoms with E-state index in [9.17, 15) is 16.8 Å². The molecule has 23 heavy (non-hydrogen) atoms. The van der Waals surface area contributed by atoms with E-state index in [2.05, 4.69) is 24.2 Å². The summed E-state index contributed by atoms with van der Waals surface area (Å²) in [7, 11) is -8.80. The van der Waals surface area contributed by atoms with Crippen LogP contribution in [0.15, 0.2) is 37.0 Å². The summed E-state index contributed by atoms with van der Waals surface area (Å²) in [5.41, 5.74) is 16.7. The summed E-state index contributed by atoms with van der Waals surface area (Å²) < 4.78 is 52.7. The Morgan fingerprint density at radius 2 is 1.70 bits per heavy atom. The van der Waals surface area contributed by atoms with Crippen LogP contribution in [0.1, 0.15) is 19.8 Å². The third kappa shape index (κ3) is 4.76. The van der Waals surface area contributed by atoms with E-state index in [1.165, 1.54) is 6.07 Å². The summed E-state index contributed by atoms with van der Waals surface area (Å²) in [5.74, 6) is 0. The molecule has 1 N–H and O–H groups in total. The summed E-state index contributed by atoms with van der Waals surface area (Å²) in [6, 6.07) is 3.07. The topological polar surface area (TPSA) is 178 Å². The number of anilines is 1. The van der Waals surface area contributed by atoms with Crippen LogP contribution in [-0.4, -0.2) is 23.4 Å². The van der Waals surface area contributed by atoms with E-state index >= 15 is 0 Å². The van der Waals surface area contributed by atoms with Crippen LogP contribution in [-0.2, 0) is 20.0 Å². The second kappa shape index (κ2) is 7.70. The molecule has 0 amide bonds. The maximum atomic E-state index is 12.0. The van der Waals surface area contributed by atoms with Crippen LogP contribution in [0.3, 0.4) is 0 Å². The first kappa shape index (κ1) is 18.6. The predicted octanol–water partition coefficient (Wildman–Crippen LogP) is 2.90. The van der Waals surface area contributed by atoms with Crippen LogP contribution >= 0.6 is 0 Å². The molecule has 0 bridgehead atoms. The normalized spacial score (nSPS) is 11.2. The first-order chi connectivity index (χ1) is 10.8. The third-order valence-corrected chi connectivity index (χ3v) is 4.98.